The number of amides is 4. The van der Waals surface area contributed by atoms with Gasteiger partial charge in [0.1, 0.15) is 5.82 Å². The van der Waals surface area contributed by atoms with E-state index in [1.165, 1.54) is 26.2 Å². The number of piperidine rings is 1. The van der Waals surface area contributed by atoms with Gasteiger partial charge in [0.15, 0.2) is 5.41 Å². The number of urea groups is 1. The first kappa shape index (κ1) is 19.7. The molecule has 3 aliphatic heterocycles. The Balaban J connectivity index is 1.66. The van der Waals surface area contributed by atoms with Crippen molar-refractivity contribution < 1.29 is 18.8 Å². The standard InChI is InChI=1S/C24H24FN3O3/c1-26-21(29)24(22(30)27(2)23(26)31)14-17-8-9-18(25)13-19(17)28-11-10-16(12-20(24)28)15-6-4-3-5-7-15/h3-9,13,16,20H,10-12,14H2,1-2H3/t16-,20+/m1/s1. The van der Waals surface area contributed by atoms with Crippen LogP contribution in [-0.4, -0.2) is 54.3 Å². The molecule has 3 aliphatic rings. The van der Waals surface area contributed by atoms with Crippen LogP contribution in [0.2, 0.25) is 0 Å². The number of hydrogen-bond donors (Lipinski definition) is 0. The van der Waals surface area contributed by atoms with Crippen molar-refractivity contribution in [2.24, 2.45) is 5.41 Å². The molecule has 0 bridgehead atoms. The molecule has 3 heterocycles. The van der Waals surface area contributed by atoms with E-state index in [1.54, 1.807) is 6.07 Å². The molecule has 1 spiro atoms. The first-order valence-corrected chi connectivity index (χ1v) is 10.5. The summed E-state index contributed by atoms with van der Waals surface area (Å²) < 4.78 is 14.1. The van der Waals surface area contributed by atoms with Crippen molar-refractivity contribution in [3.8, 4) is 0 Å². The summed E-state index contributed by atoms with van der Waals surface area (Å²) in [5, 5.41) is 0. The number of hydrogen-bond acceptors (Lipinski definition) is 4. The molecule has 2 aromatic carbocycles. The third-order valence-corrected chi connectivity index (χ3v) is 7.21. The number of benzene rings is 2. The molecule has 0 aliphatic carbocycles. The highest BCUT2D eigenvalue weighted by atomic mass is 19.1. The van der Waals surface area contributed by atoms with E-state index in [2.05, 4.69) is 12.1 Å². The Hall–Kier alpha value is -3.22. The highest BCUT2D eigenvalue weighted by molar-refractivity contribution is 6.20. The van der Waals surface area contributed by atoms with Crippen LogP contribution in [0.3, 0.4) is 0 Å². The van der Waals surface area contributed by atoms with E-state index in [0.29, 0.717) is 13.0 Å². The number of fused-ring (bicyclic) bond motifs is 4. The topological polar surface area (TPSA) is 60.9 Å². The zero-order valence-corrected chi connectivity index (χ0v) is 17.5. The van der Waals surface area contributed by atoms with Crippen LogP contribution in [0.15, 0.2) is 48.5 Å². The Morgan fingerprint density at radius 3 is 2.32 bits per heavy atom. The van der Waals surface area contributed by atoms with E-state index in [4.69, 9.17) is 0 Å². The maximum atomic E-state index is 14.1. The number of carbonyl (C=O) groups excluding carboxylic acids is 3. The van der Waals surface area contributed by atoms with Crippen molar-refractivity contribution in [1.82, 2.24) is 9.80 Å². The minimum absolute atomic E-state index is 0.158. The maximum Gasteiger partial charge on any atom is 0.332 e. The number of rotatable bonds is 1. The molecule has 2 saturated heterocycles. The molecule has 31 heavy (non-hydrogen) atoms. The van der Waals surface area contributed by atoms with Gasteiger partial charge in [0.2, 0.25) is 11.8 Å². The Bertz CT molecular complexity index is 1060. The molecule has 0 aromatic heterocycles. The molecule has 6 nitrogen and oxygen atoms in total. The third kappa shape index (κ3) is 2.72. The lowest BCUT2D eigenvalue weighted by Gasteiger charge is -2.55. The van der Waals surface area contributed by atoms with Gasteiger partial charge in [-0.1, -0.05) is 36.4 Å². The fraction of sp³-hybridized carbons (Fsp3) is 0.375. The third-order valence-electron chi connectivity index (χ3n) is 7.21. The molecule has 5 rings (SSSR count). The second-order valence-electron chi connectivity index (χ2n) is 8.77. The fourth-order valence-electron chi connectivity index (χ4n) is 5.65. The summed E-state index contributed by atoms with van der Waals surface area (Å²) in [6.07, 6.45) is 1.57. The molecule has 4 amide bonds. The minimum Gasteiger partial charge on any atom is -0.367 e. The predicted molar refractivity (Wildman–Crippen MR) is 113 cm³/mol. The highest BCUT2D eigenvalue weighted by Gasteiger charge is 2.63. The molecular formula is C24H24FN3O3. The van der Waals surface area contributed by atoms with Crippen molar-refractivity contribution in [2.75, 3.05) is 25.5 Å². The molecule has 0 unspecified atom stereocenters. The molecule has 0 N–H and O–H groups in total. The molecule has 160 valence electrons. The summed E-state index contributed by atoms with van der Waals surface area (Å²) in [6, 6.07) is 13.5. The highest BCUT2D eigenvalue weighted by Crippen LogP contribution is 2.50. The van der Waals surface area contributed by atoms with Gasteiger partial charge in [-0.05, 0) is 48.4 Å². The number of barbiturate groups is 1. The fourth-order valence-corrected chi connectivity index (χ4v) is 5.65. The van der Waals surface area contributed by atoms with Crippen molar-refractivity contribution >= 4 is 23.5 Å². The number of anilines is 1. The number of carbonyl (C=O) groups is 3. The van der Waals surface area contributed by atoms with Gasteiger partial charge in [-0.25, -0.2) is 9.18 Å². The van der Waals surface area contributed by atoms with Gasteiger partial charge in [0, 0.05) is 26.3 Å². The van der Waals surface area contributed by atoms with Gasteiger partial charge < -0.3 is 4.90 Å². The summed E-state index contributed by atoms with van der Waals surface area (Å²) in [4.78, 5) is 43.8. The van der Waals surface area contributed by atoms with Crippen LogP contribution in [-0.2, 0) is 16.0 Å². The van der Waals surface area contributed by atoms with Crippen LogP contribution in [0, 0.1) is 11.2 Å². The average molecular weight is 421 g/mol. The lowest BCUT2D eigenvalue weighted by molar-refractivity contribution is -0.159. The quantitative estimate of drug-likeness (QED) is 0.664. The van der Waals surface area contributed by atoms with Gasteiger partial charge in [-0.3, -0.25) is 19.4 Å². The lowest BCUT2D eigenvalue weighted by atomic mass is 9.64. The van der Waals surface area contributed by atoms with Gasteiger partial charge in [0.25, 0.3) is 0 Å². The maximum absolute atomic E-state index is 14.1. The van der Waals surface area contributed by atoms with E-state index in [0.717, 1.165) is 33.0 Å². The summed E-state index contributed by atoms with van der Waals surface area (Å²) in [5.74, 6) is -1.12. The minimum atomic E-state index is -1.41. The lowest BCUT2D eigenvalue weighted by Crippen LogP contribution is -2.72. The first-order chi connectivity index (χ1) is 14.8. The Kier molecular flexibility index (Phi) is 4.39. The first-order valence-electron chi connectivity index (χ1n) is 10.5. The summed E-state index contributed by atoms with van der Waals surface area (Å²) >= 11 is 0. The van der Waals surface area contributed by atoms with Crippen LogP contribution < -0.4 is 4.90 Å². The normalized spacial score (nSPS) is 25.0. The summed E-state index contributed by atoms with van der Waals surface area (Å²) in [5.41, 5.74) is 1.25. The molecule has 2 fully saturated rings. The van der Waals surface area contributed by atoms with Crippen LogP contribution in [0.1, 0.15) is 29.9 Å². The van der Waals surface area contributed by atoms with Gasteiger partial charge in [0.05, 0.1) is 6.04 Å². The van der Waals surface area contributed by atoms with E-state index < -0.39 is 29.3 Å². The van der Waals surface area contributed by atoms with Crippen LogP contribution in [0.4, 0.5) is 14.9 Å². The van der Waals surface area contributed by atoms with Gasteiger partial charge in [-0.2, -0.15) is 0 Å². The van der Waals surface area contributed by atoms with E-state index >= 15 is 0 Å². The zero-order chi connectivity index (χ0) is 21.9. The Morgan fingerprint density at radius 2 is 1.65 bits per heavy atom. The molecule has 2 atom stereocenters. The molecule has 0 saturated carbocycles. The summed E-state index contributed by atoms with van der Waals surface area (Å²) in [6.45, 7) is 0.602. The second-order valence-corrected chi connectivity index (χ2v) is 8.77. The zero-order valence-electron chi connectivity index (χ0n) is 17.5. The largest absolute Gasteiger partial charge is 0.367 e. The van der Waals surface area contributed by atoms with Gasteiger partial charge in [-0.15, -0.1) is 0 Å². The molecule has 7 heteroatoms. The smallest absolute Gasteiger partial charge is 0.332 e. The van der Waals surface area contributed by atoms with Crippen molar-refractivity contribution in [3.05, 3.63) is 65.5 Å². The SMILES string of the molecule is CN1C(=O)N(C)C(=O)C2(Cc3ccc(F)cc3N3CC[C@@H](c4ccccc4)C[C@H]32)C1=O. The van der Waals surface area contributed by atoms with Crippen molar-refractivity contribution in [2.45, 2.75) is 31.2 Å². The second kappa shape index (κ2) is 6.90. The number of imide groups is 2. The van der Waals surface area contributed by atoms with Crippen LogP contribution >= 0.6 is 0 Å². The van der Waals surface area contributed by atoms with Crippen molar-refractivity contribution in [3.63, 3.8) is 0 Å². The van der Waals surface area contributed by atoms with Crippen LogP contribution in [0.25, 0.3) is 0 Å². The average Bonchev–Trinajstić information content (AvgIpc) is 2.80. The molecular weight excluding hydrogens is 397 g/mol. The summed E-state index contributed by atoms with van der Waals surface area (Å²) in [7, 11) is 2.86. The molecule has 2 aromatic rings. The van der Waals surface area contributed by atoms with E-state index in [-0.39, 0.29) is 18.2 Å². The van der Waals surface area contributed by atoms with Crippen LogP contribution in [0.5, 0.6) is 0 Å². The van der Waals surface area contributed by atoms with Gasteiger partial charge >= 0.3 is 6.03 Å². The Labute approximate surface area is 180 Å². The van der Waals surface area contributed by atoms with E-state index in [1.807, 2.05) is 23.1 Å². The van der Waals surface area contributed by atoms with Crippen molar-refractivity contribution in [1.29, 1.82) is 0 Å². The monoisotopic (exact) mass is 421 g/mol. The number of nitrogens with zero attached hydrogens (tertiary/aromatic N) is 3. The Morgan fingerprint density at radius 1 is 0.968 bits per heavy atom. The predicted octanol–water partition coefficient (Wildman–Crippen LogP) is 3.17. The van der Waals surface area contributed by atoms with E-state index in [9.17, 15) is 18.8 Å². The number of halogens is 1. The molecule has 0 radical (unpaired) electrons.